The van der Waals surface area contributed by atoms with Crippen molar-refractivity contribution < 1.29 is 9.59 Å². The number of nitrogens with one attached hydrogen (secondary N) is 1. The molecule has 3 rings (SSSR count). The summed E-state index contributed by atoms with van der Waals surface area (Å²) in [5.41, 5.74) is 2.23. The topological polar surface area (TPSA) is 58.5 Å². The van der Waals surface area contributed by atoms with Crippen molar-refractivity contribution in [3.63, 3.8) is 0 Å². The number of ketones is 1. The molecule has 1 heterocycles. The van der Waals surface area contributed by atoms with Gasteiger partial charge >= 0.3 is 0 Å². The van der Waals surface area contributed by atoms with Crippen molar-refractivity contribution in [3.05, 3.63) is 77.5 Å². The van der Waals surface area contributed by atoms with E-state index < -0.39 is 5.92 Å². The molecule has 0 bridgehead atoms. The van der Waals surface area contributed by atoms with Gasteiger partial charge in [-0.05, 0) is 17.2 Å². The Bertz CT molecular complexity index is 764. The van der Waals surface area contributed by atoms with E-state index in [-0.39, 0.29) is 11.7 Å². The van der Waals surface area contributed by atoms with Gasteiger partial charge in [-0.15, -0.1) is 0 Å². The van der Waals surface area contributed by atoms with Crippen molar-refractivity contribution in [2.75, 3.05) is 0 Å². The van der Waals surface area contributed by atoms with Gasteiger partial charge in [-0.1, -0.05) is 60.7 Å². The van der Waals surface area contributed by atoms with Gasteiger partial charge < -0.3 is 5.32 Å². The molecule has 1 saturated heterocycles. The third-order valence-corrected chi connectivity index (χ3v) is 3.57. The number of rotatable bonds is 4. The van der Waals surface area contributed by atoms with E-state index in [0.29, 0.717) is 12.2 Å². The highest BCUT2D eigenvalue weighted by molar-refractivity contribution is 6.26. The van der Waals surface area contributed by atoms with E-state index in [9.17, 15) is 9.59 Å². The maximum Gasteiger partial charge on any atom is 0.240 e. The molecule has 1 aliphatic heterocycles. The molecule has 1 fully saturated rings. The summed E-state index contributed by atoms with van der Waals surface area (Å²) in [4.78, 5) is 28.5. The summed E-state index contributed by atoms with van der Waals surface area (Å²) in [6.07, 6.45) is 3.13. The smallest absolute Gasteiger partial charge is 0.240 e. The molecule has 1 unspecified atom stereocenters. The van der Waals surface area contributed by atoms with Gasteiger partial charge in [0.05, 0.1) is 12.2 Å². The van der Waals surface area contributed by atoms with Crippen LogP contribution in [0.1, 0.15) is 11.1 Å². The zero-order valence-electron chi connectivity index (χ0n) is 12.5. The summed E-state index contributed by atoms with van der Waals surface area (Å²) >= 11 is 0. The molecule has 1 atom stereocenters. The lowest BCUT2D eigenvalue weighted by Crippen LogP contribution is -2.20. The first-order chi connectivity index (χ1) is 11.2. The number of amides is 1. The molecule has 1 aliphatic rings. The summed E-state index contributed by atoms with van der Waals surface area (Å²) in [6.45, 7) is 0.454. The van der Waals surface area contributed by atoms with Gasteiger partial charge in [0.2, 0.25) is 5.91 Å². The highest BCUT2D eigenvalue weighted by atomic mass is 16.2. The fraction of sp³-hybridized carbons (Fsp3) is 0.105. The molecule has 2 aromatic carbocycles. The Kier molecular flexibility index (Phi) is 4.43. The number of hydrogen-bond acceptors (Lipinski definition) is 3. The molecular weight excluding hydrogens is 288 g/mol. The lowest BCUT2D eigenvalue weighted by molar-refractivity contribution is -0.124. The van der Waals surface area contributed by atoms with Gasteiger partial charge in [-0.3, -0.25) is 14.6 Å². The lowest BCUT2D eigenvalue weighted by Gasteiger charge is -1.98. The second kappa shape index (κ2) is 6.83. The summed E-state index contributed by atoms with van der Waals surface area (Å²) in [7, 11) is 0. The fourth-order valence-electron chi connectivity index (χ4n) is 2.36. The number of Topliss-reactive ketones (excluding diaryl/α,β-unsaturated/α-hetero) is 1. The predicted octanol–water partition coefficient (Wildman–Crippen LogP) is 2.61. The number of nitrogens with zero attached hydrogens (tertiary/aromatic N) is 1. The first kappa shape index (κ1) is 14.9. The number of benzene rings is 2. The van der Waals surface area contributed by atoms with Crippen LogP contribution in [0.5, 0.6) is 0 Å². The van der Waals surface area contributed by atoms with E-state index in [0.717, 1.165) is 11.1 Å². The van der Waals surface area contributed by atoms with Crippen molar-refractivity contribution in [2.45, 2.75) is 6.54 Å². The number of allylic oxidation sites excluding steroid dienone is 1. The van der Waals surface area contributed by atoms with Gasteiger partial charge in [0, 0.05) is 6.21 Å². The molecule has 0 aromatic heterocycles. The Morgan fingerprint density at radius 1 is 0.957 bits per heavy atom. The molecule has 0 saturated carbocycles. The van der Waals surface area contributed by atoms with Crippen LogP contribution in [-0.4, -0.2) is 17.9 Å². The highest BCUT2D eigenvalue weighted by Gasteiger charge is 2.35. The molecule has 1 amide bonds. The van der Waals surface area contributed by atoms with E-state index >= 15 is 0 Å². The van der Waals surface area contributed by atoms with Gasteiger partial charge in [0.25, 0.3) is 0 Å². The van der Waals surface area contributed by atoms with Crippen LogP contribution in [0.3, 0.4) is 0 Å². The average molecular weight is 304 g/mol. The standard InChI is InChI=1S/C19H16N2O2/c22-18-16(13-20-12-15-9-5-2-6-10-15)19(23)21-17(18)11-14-7-3-1-4-8-14/h1-11,13,16H,12H2,(H,21,23)/b17-11+,20-13?. The van der Waals surface area contributed by atoms with E-state index in [1.54, 1.807) is 6.08 Å². The first-order valence-electron chi connectivity index (χ1n) is 7.40. The van der Waals surface area contributed by atoms with E-state index in [1.165, 1.54) is 6.21 Å². The lowest BCUT2D eigenvalue weighted by atomic mass is 10.1. The number of aliphatic imine (C=N–C) groups is 1. The van der Waals surface area contributed by atoms with E-state index in [1.807, 2.05) is 60.7 Å². The minimum absolute atomic E-state index is 0.240. The third kappa shape index (κ3) is 3.61. The van der Waals surface area contributed by atoms with Gasteiger partial charge in [0.15, 0.2) is 5.78 Å². The van der Waals surface area contributed by atoms with Crippen LogP contribution in [0.15, 0.2) is 71.4 Å². The van der Waals surface area contributed by atoms with Crippen LogP contribution >= 0.6 is 0 Å². The average Bonchev–Trinajstić information content (AvgIpc) is 2.84. The largest absolute Gasteiger partial charge is 0.322 e. The summed E-state index contributed by atoms with van der Waals surface area (Å²) in [6, 6.07) is 19.1. The predicted molar refractivity (Wildman–Crippen MR) is 89.7 cm³/mol. The molecule has 23 heavy (non-hydrogen) atoms. The van der Waals surface area contributed by atoms with Crippen molar-refractivity contribution in [3.8, 4) is 0 Å². The molecule has 4 nitrogen and oxygen atoms in total. The monoisotopic (exact) mass is 304 g/mol. The molecule has 2 aromatic rings. The molecule has 0 spiro atoms. The second-order valence-corrected chi connectivity index (χ2v) is 5.28. The van der Waals surface area contributed by atoms with E-state index in [2.05, 4.69) is 10.3 Å². The molecule has 0 aliphatic carbocycles. The number of hydrogen-bond donors (Lipinski definition) is 1. The van der Waals surface area contributed by atoms with Gasteiger partial charge in [-0.2, -0.15) is 0 Å². The van der Waals surface area contributed by atoms with Crippen molar-refractivity contribution >= 4 is 24.0 Å². The molecule has 1 N–H and O–H groups in total. The third-order valence-electron chi connectivity index (χ3n) is 3.57. The van der Waals surface area contributed by atoms with Crippen LogP contribution in [0.4, 0.5) is 0 Å². The molecule has 0 radical (unpaired) electrons. The summed E-state index contributed by atoms with van der Waals surface area (Å²) in [5, 5.41) is 2.63. The van der Waals surface area contributed by atoms with Crippen molar-refractivity contribution in [1.82, 2.24) is 5.32 Å². The van der Waals surface area contributed by atoms with Crippen LogP contribution in [0, 0.1) is 5.92 Å². The Labute approximate surface area is 134 Å². The Morgan fingerprint density at radius 2 is 1.61 bits per heavy atom. The number of carbonyl (C=O) groups excluding carboxylic acids is 2. The molecule has 114 valence electrons. The Balaban J connectivity index is 1.70. The fourth-order valence-corrected chi connectivity index (χ4v) is 2.36. The summed E-state index contributed by atoms with van der Waals surface area (Å²) < 4.78 is 0. The minimum Gasteiger partial charge on any atom is -0.322 e. The summed E-state index contributed by atoms with van der Waals surface area (Å²) in [5.74, 6) is -1.40. The minimum atomic E-state index is -0.839. The molecule has 4 heteroatoms. The second-order valence-electron chi connectivity index (χ2n) is 5.28. The SMILES string of the molecule is O=C1N/C(=C/c2ccccc2)C(=O)C1C=NCc1ccccc1. The van der Waals surface area contributed by atoms with Crippen LogP contribution in [-0.2, 0) is 16.1 Å². The zero-order valence-corrected chi connectivity index (χ0v) is 12.5. The zero-order chi connectivity index (χ0) is 16.1. The quantitative estimate of drug-likeness (QED) is 0.536. The number of carbonyl (C=O) groups is 2. The maximum absolute atomic E-state index is 12.3. The van der Waals surface area contributed by atoms with Crippen LogP contribution in [0.25, 0.3) is 6.08 Å². The first-order valence-corrected chi connectivity index (χ1v) is 7.40. The van der Waals surface area contributed by atoms with Crippen molar-refractivity contribution in [2.24, 2.45) is 10.9 Å². The molecular formula is C19H16N2O2. The van der Waals surface area contributed by atoms with Gasteiger partial charge in [0.1, 0.15) is 5.92 Å². The van der Waals surface area contributed by atoms with Crippen LogP contribution in [0.2, 0.25) is 0 Å². The Hall–Kier alpha value is -3.01. The van der Waals surface area contributed by atoms with Gasteiger partial charge in [-0.25, -0.2) is 0 Å². The van der Waals surface area contributed by atoms with Crippen molar-refractivity contribution in [1.29, 1.82) is 0 Å². The Morgan fingerprint density at radius 3 is 2.30 bits per heavy atom. The normalized spacial score (nSPS) is 19.5. The van der Waals surface area contributed by atoms with Crippen LogP contribution < -0.4 is 5.32 Å². The highest BCUT2D eigenvalue weighted by Crippen LogP contribution is 2.16. The maximum atomic E-state index is 12.3. The van der Waals surface area contributed by atoms with E-state index in [4.69, 9.17) is 0 Å².